The number of nitrogens with one attached hydrogen (secondary N) is 1. The van der Waals surface area contributed by atoms with E-state index in [4.69, 9.17) is 0 Å². The van der Waals surface area contributed by atoms with E-state index in [1.54, 1.807) is 23.6 Å². The quantitative estimate of drug-likeness (QED) is 0.793. The van der Waals surface area contributed by atoms with Gasteiger partial charge < -0.3 is 5.32 Å². The van der Waals surface area contributed by atoms with Crippen molar-refractivity contribution >= 4 is 31.0 Å². The fourth-order valence-electron chi connectivity index (χ4n) is 2.94. The van der Waals surface area contributed by atoms with Gasteiger partial charge in [0.05, 0.1) is 16.8 Å². The van der Waals surface area contributed by atoms with Gasteiger partial charge in [0.1, 0.15) is 10.0 Å². The molecule has 0 saturated carbocycles. The number of thiophene rings is 1. The molecule has 1 aromatic carbocycles. The maximum atomic E-state index is 12.9. The van der Waals surface area contributed by atoms with E-state index in [0.29, 0.717) is 13.0 Å². The molecule has 0 radical (unpaired) electrons. The van der Waals surface area contributed by atoms with Crippen molar-refractivity contribution in [2.24, 2.45) is 0 Å². The highest BCUT2D eigenvalue weighted by Crippen LogP contribution is 2.28. The molecule has 1 aliphatic heterocycles. The predicted octanol–water partition coefficient (Wildman–Crippen LogP) is 1.66. The van der Waals surface area contributed by atoms with Crippen LogP contribution in [-0.2, 0) is 26.1 Å². The van der Waals surface area contributed by atoms with Crippen LogP contribution in [0.5, 0.6) is 0 Å². The van der Waals surface area contributed by atoms with Crippen LogP contribution in [0.15, 0.2) is 46.0 Å². The van der Waals surface area contributed by atoms with Crippen LogP contribution in [0.2, 0.25) is 0 Å². The normalized spacial score (nSPS) is 22.9. The smallest absolute Gasteiger partial charge is 0.193 e. The molecule has 2 aromatic rings. The summed E-state index contributed by atoms with van der Waals surface area (Å²) in [7, 11) is -7.10. The zero-order valence-corrected chi connectivity index (χ0v) is 15.7. The van der Waals surface area contributed by atoms with Gasteiger partial charge in [-0.05, 0) is 42.1 Å². The monoisotopic (exact) mass is 403 g/mol. The first kappa shape index (κ1) is 18.5. The summed E-state index contributed by atoms with van der Waals surface area (Å²) >= 11 is 1.09. The van der Waals surface area contributed by atoms with E-state index in [1.807, 2.05) is 0 Å². The Morgan fingerprint density at radius 3 is 2.52 bits per heavy atom. The Balaban J connectivity index is 1.71. The van der Waals surface area contributed by atoms with Crippen LogP contribution in [0, 0.1) is 5.82 Å². The number of benzene rings is 1. The van der Waals surface area contributed by atoms with E-state index in [9.17, 15) is 21.2 Å². The molecule has 0 amide bonds. The molecule has 136 valence electrons. The lowest BCUT2D eigenvalue weighted by Gasteiger charge is -2.19. The van der Waals surface area contributed by atoms with Crippen LogP contribution in [0.3, 0.4) is 0 Å². The van der Waals surface area contributed by atoms with Gasteiger partial charge in [0.25, 0.3) is 0 Å². The summed E-state index contributed by atoms with van der Waals surface area (Å²) in [6, 6.07) is 8.53. The van der Waals surface area contributed by atoms with Crippen molar-refractivity contribution in [3.8, 4) is 0 Å². The topological polar surface area (TPSA) is 80.3 Å². The third-order valence-electron chi connectivity index (χ3n) is 4.21. The minimum absolute atomic E-state index is 0.189. The third-order valence-corrected chi connectivity index (χ3v) is 9.79. The number of hydrogen-bond donors (Lipinski definition) is 1. The fourth-order valence-corrected chi connectivity index (χ4v) is 8.88. The molecular formula is C16H18FNO4S3. The molecule has 3 rings (SSSR count). The Kier molecular flexibility index (Phi) is 5.29. The Morgan fingerprint density at radius 2 is 1.88 bits per heavy atom. The maximum absolute atomic E-state index is 12.9. The highest BCUT2D eigenvalue weighted by molar-refractivity contribution is 7.97. The van der Waals surface area contributed by atoms with Gasteiger partial charge in [0, 0.05) is 6.04 Å². The van der Waals surface area contributed by atoms with Gasteiger partial charge in [-0.2, -0.15) is 0 Å². The summed E-state index contributed by atoms with van der Waals surface area (Å²) in [5.41, 5.74) is 0.896. The second kappa shape index (κ2) is 7.14. The van der Waals surface area contributed by atoms with Crippen LogP contribution in [0.25, 0.3) is 0 Å². The van der Waals surface area contributed by atoms with E-state index in [0.717, 1.165) is 16.9 Å². The SMILES string of the molecule is O=S1(=O)C[C@H](NCCc2ccc(F)cc2)[C@@H](S(=O)(=O)c2cccs2)C1. The molecule has 1 saturated heterocycles. The van der Waals surface area contributed by atoms with Gasteiger partial charge >= 0.3 is 0 Å². The van der Waals surface area contributed by atoms with E-state index >= 15 is 0 Å². The molecule has 5 nitrogen and oxygen atoms in total. The summed E-state index contributed by atoms with van der Waals surface area (Å²) < 4.78 is 62.6. The van der Waals surface area contributed by atoms with Crippen molar-refractivity contribution < 1.29 is 21.2 Å². The minimum Gasteiger partial charge on any atom is -0.311 e. The molecule has 1 N–H and O–H groups in total. The average molecular weight is 404 g/mol. The summed E-state index contributed by atoms with van der Waals surface area (Å²) in [4.78, 5) is 0. The highest BCUT2D eigenvalue weighted by atomic mass is 32.2. The second-order valence-electron chi connectivity index (χ2n) is 6.03. The number of halogens is 1. The molecule has 0 aliphatic carbocycles. The summed E-state index contributed by atoms with van der Waals surface area (Å²) in [6.45, 7) is 0.419. The number of sulfone groups is 2. The van der Waals surface area contributed by atoms with E-state index in [-0.39, 0.29) is 21.5 Å². The summed E-state index contributed by atoms with van der Waals surface area (Å²) in [5, 5.41) is 3.75. The van der Waals surface area contributed by atoms with Crippen LogP contribution in [0.4, 0.5) is 4.39 Å². The van der Waals surface area contributed by atoms with Gasteiger partial charge in [-0.3, -0.25) is 0 Å². The first-order valence-electron chi connectivity index (χ1n) is 7.73. The molecule has 9 heteroatoms. The predicted molar refractivity (Wildman–Crippen MR) is 95.8 cm³/mol. The summed E-state index contributed by atoms with van der Waals surface area (Å²) in [6.07, 6.45) is 0.558. The molecule has 0 bridgehead atoms. The molecule has 0 spiro atoms. The lowest BCUT2D eigenvalue weighted by atomic mass is 10.1. The molecule has 1 fully saturated rings. The van der Waals surface area contributed by atoms with Crippen molar-refractivity contribution in [3.63, 3.8) is 0 Å². The van der Waals surface area contributed by atoms with Gasteiger partial charge in [-0.25, -0.2) is 21.2 Å². The van der Waals surface area contributed by atoms with Crippen molar-refractivity contribution in [3.05, 3.63) is 53.2 Å². The van der Waals surface area contributed by atoms with Crippen molar-refractivity contribution in [2.45, 2.75) is 21.9 Å². The molecule has 1 aliphatic rings. The molecule has 2 atom stereocenters. The molecule has 2 heterocycles. The Hall–Kier alpha value is -1.29. The van der Waals surface area contributed by atoms with Crippen LogP contribution in [0.1, 0.15) is 5.56 Å². The maximum Gasteiger partial charge on any atom is 0.193 e. The molecule has 25 heavy (non-hydrogen) atoms. The van der Waals surface area contributed by atoms with Crippen molar-refractivity contribution in [1.29, 1.82) is 0 Å². The zero-order valence-electron chi connectivity index (χ0n) is 13.3. The van der Waals surface area contributed by atoms with Crippen molar-refractivity contribution in [1.82, 2.24) is 5.32 Å². The summed E-state index contributed by atoms with van der Waals surface area (Å²) in [5.74, 6) is -0.867. The molecule has 0 unspecified atom stereocenters. The third kappa shape index (κ3) is 4.28. The lowest BCUT2D eigenvalue weighted by molar-refractivity contribution is 0.529. The van der Waals surface area contributed by atoms with Gasteiger partial charge in [0.2, 0.25) is 0 Å². The lowest BCUT2D eigenvalue weighted by Crippen LogP contribution is -2.43. The Bertz CT molecular complexity index is 922. The van der Waals surface area contributed by atoms with E-state index < -0.39 is 31.0 Å². The van der Waals surface area contributed by atoms with Crippen LogP contribution < -0.4 is 5.32 Å². The van der Waals surface area contributed by atoms with Crippen molar-refractivity contribution in [2.75, 3.05) is 18.1 Å². The molecular weight excluding hydrogens is 385 g/mol. The Labute approximate surface area is 150 Å². The number of rotatable bonds is 6. The number of hydrogen-bond acceptors (Lipinski definition) is 6. The fraction of sp³-hybridized carbons (Fsp3) is 0.375. The van der Waals surface area contributed by atoms with Crippen LogP contribution >= 0.6 is 11.3 Å². The van der Waals surface area contributed by atoms with E-state index in [1.165, 1.54) is 18.2 Å². The first-order chi connectivity index (χ1) is 11.8. The van der Waals surface area contributed by atoms with E-state index in [2.05, 4.69) is 5.32 Å². The first-order valence-corrected chi connectivity index (χ1v) is 12.0. The van der Waals surface area contributed by atoms with Gasteiger partial charge in [-0.1, -0.05) is 18.2 Å². The van der Waals surface area contributed by atoms with Gasteiger partial charge in [0.15, 0.2) is 19.7 Å². The minimum atomic E-state index is -3.69. The highest BCUT2D eigenvalue weighted by Gasteiger charge is 2.45. The molecule has 1 aromatic heterocycles. The largest absolute Gasteiger partial charge is 0.311 e. The van der Waals surface area contributed by atoms with Gasteiger partial charge in [-0.15, -0.1) is 11.3 Å². The Morgan fingerprint density at radius 1 is 1.16 bits per heavy atom. The second-order valence-corrected chi connectivity index (χ2v) is 11.5. The average Bonchev–Trinajstić information content (AvgIpc) is 3.18. The van der Waals surface area contributed by atoms with Crippen LogP contribution in [-0.4, -0.2) is 46.2 Å². The standard InChI is InChI=1S/C16H18FNO4S3/c17-13-5-3-12(4-6-13)7-8-18-14-10-24(19,20)11-15(14)25(21,22)16-2-1-9-23-16/h1-6,9,14-15,18H,7-8,10-11H2/t14-,15-/m0/s1. The zero-order chi connectivity index (χ0) is 18.1.